The summed E-state index contributed by atoms with van der Waals surface area (Å²) in [5.74, 6) is 0. The first kappa shape index (κ1) is 8.37. The van der Waals surface area contributed by atoms with E-state index in [1.807, 2.05) is 0 Å². The van der Waals surface area contributed by atoms with E-state index in [-0.39, 0.29) is 0 Å². The Morgan fingerprint density at radius 3 is 3.10 bits per heavy atom. The Hall–Kier alpha value is 0.270. The van der Waals surface area contributed by atoms with Gasteiger partial charge in [-0.05, 0) is 25.6 Å². The van der Waals surface area contributed by atoms with Crippen molar-refractivity contribution < 1.29 is 0 Å². The van der Waals surface area contributed by atoms with Gasteiger partial charge in [0.1, 0.15) is 0 Å². The van der Waals surface area contributed by atoms with Gasteiger partial charge in [-0.25, -0.2) is 0 Å². The number of hydrogen-bond acceptors (Lipinski definition) is 3. The number of rotatable bonds is 3. The summed E-state index contributed by atoms with van der Waals surface area (Å²) in [6, 6.07) is 0.723. The minimum Gasteiger partial charge on any atom is -0.313 e. The molecule has 1 rings (SSSR count). The lowest BCUT2D eigenvalue weighted by Gasteiger charge is -2.22. The van der Waals surface area contributed by atoms with E-state index in [1.165, 1.54) is 25.8 Å². The van der Waals surface area contributed by atoms with Gasteiger partial charge in [-0.2, -0.15) is 0 Å². The summed E-state index contributed by atoms with van der Waals surface area (Å²) in [4.78, 5) is 0. The number of nitrogens with one attached hydrogen (secondary N) is 2. The molecule has 0 spiro atoms. The van der Waals surface area contributed by atoms with Crippen LogP contribution in [0.5, 0.6) is 0 Å². The lowest BCUT2D eigenvalue weighted by molar-refractivity contribution is 0.402. The topological polar surface area (TPSA) is 24.1 Å². The molecule has 1 unspecified atom stereocenters. The minimum atomic E-state index is 0.723. The zero-order valence-corrected chi connectivity index (χ0v) is 7.34. The standard InChI is InChI=1S/C7H16N2S/c1-10-9-6-7-4-2-3-5-8-7/h7-9H,2-6H2,1H3. The third-order valence-electron chi connectivity index (χ3n) is 1.89. The van der Waals surface area contributed by atoms with Gasteiger partial charge in [0.15, 0.2) is 0 Å². The fourth-order valence-electron chi connectivity index (χ4n) is 1.28. The molecule has 1 aliphatic rings. The van der Waals surface area contributed by atoms with Gasteiger partial charge in [0.05, 0.1) is 0 Å². The maximum atomic E-state index is 3.48. The van der Waals surface area contributed by atoms with Crippen molar-refractivity contribution in [3.05, 3.63) is 0 Å². The molecule has 1 atom stereocenters. The van der Waals surface area contributed by atoms with Gasteiger partial charge in [-0.1, -0.05) is 18.4 Å². The summed E-state index contributed by atoms with van der Waals surface area (Å²) < 4.78 is 3.27. The summed E-state index contributed by atoms with van der Waals surface area (Å²) in [7, 11) is 0. The zero-order valence-electron chi connectivity index (χ0n) is 6.52. The van der Waals surface area contributed by atoms with E-state index < -0.39 is 0 Å². The predicted molar refractivity (Wildman–Crippen MR) is 47.2 cm³/mol. The molecule has 1 aliphatic heterocycles. The first-order valence-electron chi connectivity index (χ1n) is 3.92. The Balaban J connectivity index is 2.02. The second kappa shape index (κ2) is 4.99. The van der Waals surface area contributed by atoms with Crippen LogP contribution in [0, 0.1) is 0 Å². The van der Waals surface area contributed by atoms with E-state index in [9.17, 15) is 0 Å². The number of piperidine rings is 1. The molecule has 1 fully saturated rings. The average molecular weight is 160 g/mol. The highest BCUT2D eigenvalue weighted by Gasteiger charge is 2.10. The molecule has 3 heteroatoms. The average Bonchev–Trinajstić information content (AvgIpc) is 2.03. The second-order valence-electron chi connectivity index (χ2n) is 2.70. The fourth-order valence-corrected chi connectivity index (χ4v) is 1.65. The maximum Gasteiger partial charge on any atom is 0.0213 e. The molecule has 60 valence electrons. The molecule has 10 heavy (non-hydrogen) atoms. The van der Waals surface area contributed by atoms with Gasteiger partial charge >= 0.3 is 0 Å². The molecule has 0 amide bonds. The Morgan fingerprint density at radius 1 is 1.60 bits per heavy atom. The molecular formula is C7H16N2S. The summed E-state index contributed by atoms with van der Waals surface area (Å²) in [6.45, 7) is 2.32. The Morgan fingerprint density at radius 2 is 2.50 bits per heavy atom. The van der Waals surface area contributed by atoms with Gasteiger partial charge in [0, 0.05) is 12.6 Å². The van der Waals surface area contributed by atoms with Crippen LogP contribution in [0.25, 0.3) is 0 Å². The Kier molecular flexibility index (Phi) is 4.18. The van der Waals surface area contributed by atoms with Gasteiger partial charge in [-0.3, -0.25) is 4.72 Å². The monoisotopic (exact) mass is 160 g/mol. The van der Waals surface area contributed by atoms with Gasteiger partial charge in [-0.15, -0.1) is 0 Å². The maximum absolute atomic E-state index is 3.48. The highest BCUT2D eigenvalue weighted by atomic mass is 32.2. The molecule has 0 saturated carbocycles. The molecule has 1 heterocycles. The molecule has 0 bridgehead atoms. The van der Waals surface area contributed by atoms with Crippen molar-refractivity contribution in [3.8, 4) is 0 Å². The zero-order chi connectivity index (χ0) is 7.23. The SMILES string of the molecule is CSNCC1CCCCN1. The Labute approximate surface area is 67.3 Å². The van der Waals surface area contributed by atoms with Crippen LogP contribution in [0.1, 0.15) is 19.3 Å². The third kappa shape index (κ3) is 2.90. The summed E-state index contributed by atoms with van der Waals surface area (Å²) in [5, 5.41) is 3.48. The highest BCUT2D eigenvalue weighted by molar-refractivity contribution is 7.96. The quantitative estimate of drug-likeness (QED) is 0.602. The molecule has 0 aromatic carbocycles. The molecular weight excluding hydrogens is 144 g/mol. The Bertz CT molecular complexity index is 81.7. The van der Waals surface area contributed by atoms with Crippen LogP contribution in [0.3, 0.4) is 0 Å². The van der Waals surface area contributed by atoms with Gasteiger partial charge in [0.2, 0.25) is 0 Å². The van der Waals surface area contributed by atoms with Crippen molar-refractivity contribution in [3.63, 3.8) is 0 Å². The van der Waals surface area contributed by atoms with Crippen LogP contribution in [0.4, 0.5) is 0 Å². The summed E-state index contributed by atoms with van der Waals surface area (Å²) in [6.07, 6.45) is 6.17. The normalized spacial score (nSPS) is 26.7. The van der Waals surface area contributed by atoms with Crippen molar-refractivity contribution >= 4 is 11.9 Å². The van der Waals surface area contributed by atoms with Crippen LogP contribution in [0.2, 0.25) is 0 Å². The lowest BCUT2D eigenvalue weighted by atomic mass is 10.1. The van der Waals surface area contributed by atoms with Crippen LogP contribution in [-0.2, 0) is 0 Å². The highest BCUT2D eigenvalue weighted by Crippen LogP contribution is 2.06. The van der Waals surface area contributed by atoms with Crippen LogP contribution in [-0.4, -0.2) is 25.4 Å². The molecule has 1 saturated heterocycles. The molecule has 0 aromatic heterocycles. The summed E-state index contributed by atoms with van der Waals surface area (Å²) >= 11 is 1.71. The van der Waals surface area contributed by atoms with E-state index in [0.717, 1.165) is 12.6 Å². The van der Waals surface area contributed by atoms with Crippen molar-refractivity contribution in [2.24, 2.45) is 0 Å². The van der Waals surface area contributed by atoms with E-state index in [2.05, 4.69) is 16.3 Å². The van der Waals surface area contributed by atoms with Crippen molar-refractivity contribution in [2.45, 2.75) is 25.3 Å². The predicted octanol–water partition coefficient (Wildman–Crippen LogP) is 0.996. The lowest BCUT2D eigenvalue weighted by Crippen LogP contribution is -2.40. The third-order valence-corrected chi connectivity index (χ3v) is 2.34. The van der Waals surface area contributed by atoms with Gasteiger partial charge in [0.25, 0.3) is 0 Å². The molecule has 0 radical (unpaired) electrons. The van der Waals surface area contributed by atoms with E-state index in [4.69, 9.17) is 0 Å². The smallest absolute Gasteiger partial charge is 0.0213 e. The second-order valence-corrected chi connectivity index (χ2v) is 3.40. The van der Waals surface area contributed by atoms with Crippen LogP contribution in [0.15, 0.2) is 0 Å². The van der Waals surface area contributed by atoms with Crippen LogP contribution < -0.4 is 10.0 Å². The molecule has 2 nitrogen and oxygen atoms in total. The summed E-state index contributed by atoms with van der Waals surface area (Å²) in [5.41, 5.74) is 0. The van der Waals surface area contributed by atoms with Crippen molar-refractivity contribution in [1.29, 1.82) is 0 Å². The largest absolute Gasteiger partial charge is 0.313 e. The van der Waals surface area contributed by atoms with E-state index >= 15 is 0 Å². The van der Waals surface area contributed by atoms with Gasteiger partial charge < -0.3 is 5.32 Å². The first-order valence-corrected chi connectivity index (χ1v) is 5.15. The first-order chi connectivity index (χ1) is 4.93. The molecule has 0 aliphatic carbocycles. The minimum absolute atomic E-state index is 0.723. The molecule has 2 N–H and O–H groups in total. The molecule has 0 aromatic rings. The van der Waals surface area contributed by atoms with E-state index in [1.54, 1.807) is 11.9 Å². The fraction of sp³-hybridized carbons (Fsp3) is 1.00. The number of hydrogen-bond donors (Lipinski definition) is 2. The van der Waals surface area contributed by atoms with E-state index in [0.29, 0.717) is 0 Å². The van der Waals surface area contributed by atoms with Crippen molar-refractivity contribution in [1.82, 2.24) is 10.0 Å². The van der Waals surface area contributed by atoms with Crippen LogP contribution >= 0.6 is 11.9 Å². The van der Waals surface area contributed by atoms with Crippen molar-refractivity contribution in [2.75, 3.05) is 19.3 Å².